The molecule has 1 aromatic carbocycles. The van der Waals surface area contributed by atoms with Crippen LogP contribution in [0.2, 0.25) is 0 Å². The van der Waals surface area contributed by atoms with Crippen molar-refractivity contribution in [3.05, 3.63) is 42.3 Å². The Labute approximate surface area is 163 Å². The molecule has 1 heterocycles. The van der Waals surface area contributed by atoms with Crippen LogP contribution < -0.4 is 10.6 Å². The Hall–Kier alpha value is -2.34. The number of aromatic nitrogens is 1. The summed E-state index contributed by atoms with van der Waals surface area (Å²) in [5.74, 6) is 1.43. The quantitative estimate of drug-likeness (QED) is 0.494. The van der Waals surface area contributed by atoms with E-state index in [1.807, 2.05) is 30.3 Å². The summed E-state index contributed by atoms with van der Waals surface area (Å²) in [7, 11) is 1.79. The Morgan fingerprint density at radius 2 is 1.96 bits per heavy atom. The second kappa shape index (κ2) is 11.4. The van der Waals surface area contributed by atoms with E-state index in [0.717, 1.165) is 43.3 Å². The van der Waals surface area contributed by atoms with Gasteiger partial charge < -0.3 is 20.0 Å². The highest BCUT2D eigenvalue weighted by atomic mass is 16.3. The maximum atomic E-state index is 5.58. The van der Waals surface area contributed by atoms with E-state index in [0.29, 0.717) is 18.5 Å². The zero-order valence-electron chi connectivity index (χ0n) is 17.0. The first-order chi connectivity index (χ1) is 13.2. The van der Waals surface area contributed by atoms with E-state index in [1.165, 1.54) is 6.42 Å². The van der Waals surface area contributed by atoms with Gasteiger partial charge in [-0.3, -0.25) is 4.99 Å². The number of guanidine groups is 1. The monoisotopic (exact) mass is 371 g/mol. The average Bonchev–Trinajstić information content (AvgIpc) is 3.18. The lowest BCUT2D eigenvalue weighted by atomic mass is 10.2. The van der Waals surface area contributed by atoms with Gasteiger partial charge in [0.1, 0.15) is 6.26 Å². The van der Waals surface area contributed by atoms with Crippen LogP contribution in [0.3, 0.4) is 0 Å². The van der Waals surface area contributed by atoms with Crippen LogP contribution in [0.25, 0.3) is 11.5 Å². The van der Waals surface area contributed by atoms with Gasteiger partial charge in [0.25, 0.3) is 0 Å². The van der Waals surface area contributed by atoms with Gasteiger partial charge in [-0.1, -0.05) is 32.0 Å². The van der Waals surface area contributed by atoms with Crippen molar-refractivity contribution < 1.29 is 4.42 Å². The largest absolute Gasteiger partial charge is 0.444 e. The predicted octanol–water partition coefficient (Wildman–Crippen LogP) is 3.52. The zero-order valence-corrected chi connectivity index (χ0v) is 17.0. The fourth-order valence-electron chi connectivity index (χ4n) is 2.94. The topological polar surface area (TPSA) is 65.7 Å². The minimum atomic E-state index is 0.365. The minimum absolute atomic E-state index is 0.365. The molecule has 27 heavy (non-hydrogen) atoms. The van der Waals surface area contributed by atoms with Crippen LogP contribution in [0.1, 0.15) is 39.3 Å². The van der Waals surface area contributed by atoms with Gasteiger partial charge in [-0.25, -0.2) is 4.98 Å². The lowest BCUT2D eigenvalue weighted by Crippen LogP contribution is -2.42. The van der Waals surface area contributed by atoms with E-state index < -0.39 is 0 Å². The Bertz CT molecular complexity index is 679. The van der Waals surface area contributed by atoms with Crippen LogP contribution in [-0.2, 0) is 6.54 Å². The molecule has 0 aliphatic heterocycles. The van der Waals surface area contributed by atoms with E-state index in [-0.39, 0.29) is 0 Å². The first-order valence-corrected chi connectivity index (χ1v) is 9.85. The summed E-state index contributed by atoms with van der Waals surface area (Å²) in [6, 6.07) is 10.3. The summed E-state index contributed by atoms with van der Waals surface area (Å²) < 4.78 is 5.58. The molecule has 2 aromatic rings. The smallest absolute Gasteiger partial charge is 0.226 e. The molecule has 0 saturated heterocycles. The van der Waals surface area contributed by atoms with E-state index >= 15 is 0 Å². The third-order valence-corrected chi connectivity index (χ3v) is 4.62. The van der Waals surface area contributed by atoms with Crippen LogP contribution in [0.4, 0.5) is 0 Å². The third kappa shape index (κ3) is 7.06. The van der Waals surface area contributed by atoms with Gasteiger partial charge in [-0.05, 0) is 51.5 Å². The van der Waals surface area contributed by atoms with Gasteiger partial charge >= 0.3 is 0 Å². The normalized spacial score (nSPS) is 13.0. The third-order valence-electron chi connectivity index (χ3n) is 4.62. The molecule has 0 bridgehead atoms. The van der Waals surface area contributed by atoms with Crippen molar-refractivity contribution in [1.29, 1.82) is 0 Å². The number of aliphatic imine (C=N–C) groups is 1. The van der Waals surface area contributed by atoms with Gasteiger partial charge in [0, 0.05) is 18.7 Å². The Morgan fingerprint density at radius 1 is 1.22 bits per heavy atom. The molecule has 6 nitrogen and oxygen atoms in total. The Balaban J connectivity index is 1.76. The molecule has 0 saturated carbocycles. The number of hydrogen-bond acceptors (Lipinski definition) is 4. The number of oxazole rings is 1. The molecule has 2 N–H and O–H groups in total. The van der Waals surface area contributed by atoms with Gasteiger partial charge in [-0.15, -0.1) is 0 Å². The van der Waals surface area contributed by atoms with Gasteiger partial charge in [0.15, 0.2) is 5.96 Å². The summed E-state index contributed by atoms with van der Waals surface area (Å²) >= 11 is 0. The molecule has 1 unspecified atom stereocenters. The molecule has 0 spiro atoms. The Kier molecular flexibility index (Phi) is 8.84. The van der Waals surface area contributed by atoms with Crippen LogP contribution in [0.15, 0.2) is 46.0 Å². The van der Waals surface area contributed by atoms with Crippen molar-refractivity contribution >= 4 is 5.96 Å². The van der Waals surface area contributed by atoms with E-state index in [9.17, 15) is 0 Å². The highest BCUT2D eigenvalue weighted by Gasteiger charge is 2.09. The second-order valence-corrected chi connectivity index (χ2v) is 6.65. The van der Waals surface area contributed by atoms with Crippen molar-refractivity contribution in [2.75, 3.05) is 26.7 Å². The van der Waals surface area contributed by atoms with Gasteiger partial charge in [0.05, 0.1) is 12.2 Å². The maximum Gasteiger partial charge on any atom is 0.226 e. The van der Waals surface area contributed by atoms with Crippen molar-refractivity contribution in [3.63, 3.8) is 0 Å². The number of rotatable bonds is 10. The molecule has 0 aliphatic carbocycles. The van der Waals surface area contributed by atoms with Crippen LogP contribution >= 0.6 is 0 Å². The Morgan fingerprint density at radius 3 is 2.63 bits per heavy atom. The first kappa shape index (κ1) is 21.0. The van der Waals surface area contributed by atoms with E-state index in [1.54, 1.807) is 13.3 Å². The standard InChI is InChI=1S/C21H33N5O/c1-5-26(6-2)14-10-11-17(3)24-21(22-4)23-15-19-16-27-20(25-19)18-12-8-7-9-13-18/h7-9,12-13,16-17H,5-6,10-11,14-15H2,1-4H3,(H2,22,23,24). The van der Waals surface area contributed by atoms with Crippen molar-refractivity contribution in [1.82, 2.24) is 20.5 Å². The van der Waals surface area contributed by atoms with Crippen LogP contribution in [0, 0.1) is 0 Å². The number of hydrogen-bond donors (Lipinski definition) is 2. The fraction of sp³-hybridized carbons (Fsp3) is 0.524. The van der Waals surface area contributed by atoms with Crippen LogP contribution in [0.5, 0.6) is 0 Å². The number of nitrogens with zero attached hydrogens (tertiary/aromatic N) is 3. The molecule has 0 radical (unpaired) electrons. The summed E-state index contributed by atoms with van der Waals surface area (Å²) in [6.07, 6.45) is 3.98. The highest BCUT2D eigenvalue weighted by molar-refractivity contribution is 5.79. The van der Waals surface area contributed by atoms with Gasteiger partial charge in [-0.2, -0.15) is 0 Å². The van der Waals surface area contributed by atoms with Crippen molar-refractivity contribution in [3.8, 4) is 11.5 Å². The summed E-state index contributed by atoms with van der Waals surface area (Å²) in [6.45, 7) is 10.6. The van der Waals surface area contributed by atoms with E-state index in [4.69, 9.17) is 4.42 Å². The SMILES string of the molecule is CCN(CC)CCCC(C)NC(=NC)NCc1coc(-c2ccccc2)n1. The summed E-state index contributed by atoms with van der Waals surface area (Å²) in [5, 5.41) is 6.76. The highest BCUT2D eigenvalue weighted by Crippen LogP contribution is 2.17. The van der Waals surface area contributed by atoms with Gasteiger partial charge in [0.2, 0.25) is 5.89 Å². The molecule has 0 amide bonds. The molecular weight excluding hydrogens is 338 g/mol. The average molecular weight is 372 g/mol. The molecule has 6 heteroatoms. The summed E-state index contributed by atoms with van der Waals surface area (Å²) in [5.41, 5.74) is 1.83. The molecule has 1 aromatic heterocycles. The molecule has 2 rings (SSSR count). The van der Waals surface area contributed by atoms with Crippen molar-refractivity contribution in [2.45, 2.75) is 46.2 Å². The minimum Gasteiger partial charge on any atom is -0.444 e. The van der Waals surface area contributed by atoms with E-state index in [2.05, 4.69) is 46.3 Å². The maximum absolute atomic E-state index is 5.58. The molecule has 0 fully saturated rings. The lowest BCUT2D eigenvalue weighted by Gasteiger charge is -2.21. The lowest BCUT2D eigenvalue weighted by molar-refractivity contribution is 0.292. The fourth-order valence-corrected chi connectivity index (χ4v) is 2.94. The zero-order chi connectivity index (χ0) is 19.5. The number of benzene rings is 1. The molecule has 148 valence electrons. The number of nitrogens with one attached hydrogen (secondary N) is 2. The summed E-state index contributed by atoms with van der Waals surface area (Å²) in [4.78, 5) is 11.3. The molecule has 0 aliphatic rings. The molecular formula is C21H33N5O. The second-order valence-electron chi connectivity index (χ2n) is 6.65. The molecule has 1 atom stereocenters. The van der Waals surface area contributed by atoms with Crippen molar-refractivity contribution in [2.24, 2.45) is 4.99 Å². The predicted molar refractivity (Wildman–Crippen MR) is 112 cm³/mol. The van der Waals surface area contributed by atoms with Crippen LogP contribution in [-0.4, -0.2) is 48.6 Å². The first-order valence-electron chi connectivity index (χ1n) is 9.85.